The largest absolute Gasteiger partial charge is 0.480 e. The minimum atomic E-state index is -1.33. The molecule has 0 aromatic heterocycles. The van der Waals surface area contributed by atoms with Crippen LogP contribution in [0.25, 0.3) is 0 Å². The van der Waals surface area contributed by atoms with Crippen LogP contribution in [-0.2, 0) is 9.59 Å². The highest BCUT2D eigenvalue weighted by atomic mass is 16.4. The fourth-order valence-electron chi connectivity index (χ4n) is 1.38. The van der Waals surface area contributed by atoms with Gasteiger partial charge in [0, 0.05) is 0 Å². The van der Waals surface area contributed by atoms with E-state index in [0.29, 0.717) is 12.8 Å². The summed E-state index contributed by atoms with van der Waals surface area (Å²) in [5.74, 6) is -1.69. The molecular formula is C10H19N3O4. The van der Waals surface area contributed by atoms with Crippen molar-refractivity contribution in [3.05, 3.63) is 0 Å². The molecule has 3 amide bonds. The normalized spacial score (nSPS) is 15.5. The fraction of sp³-hybridized carbons (Fsp3) is 0.700. The Morgan fingerprint density at radius 2 is 1.94 bits per heavy atom. The van der Waals surface area contributed by atoms with Crippen molar-refractivity contribution in [3.8, 4) is 0 Å². The zero-order valence-electron chi connectivity index (χ0n) is 10.2. The molecule has 0 fully saturated rings. The van der Waals surface area contributed by atoms with Crippen LogP contribution in [0.3, 0.4) is 0 Å². The van der Waals surface area contributed by atoms with Crippen molar-refractivity contribution in [3.63, 3.8) is 0 Å². The van der Waals surface area contributed by atoms with Gasteiger partial charge >= 0.3 is 12.0 Å². The Bertz CT molecular complexity index is 319. The molecule has 0 heterocycles. The van der Waals surface area contributed by atoms with Gasteiger partial charge in [0.2, 0.25) is 5.91 Å². The zero-order valence-corrected chi connectivity index (χ0v) is 10.2. The van der Waals surface area contributed by atoms with Crippen LogP contribution >= 0.6 is 0 Å². The predicted molar refractivity (Wildman–Crippen MR) is 61.3 cm³/mol. The average Bonchev–Trinajstić information content (AvgIpc) is 2.16. The van der Waals surface area contributed by atoms with Gasteiger partial charge in [-0.2, -0.15) is 0 Å². The Hall–Kier alpha value is -1.79. The first kappa shape index (κ1) is 15.2. The maximum atomic E-state index is 11.6. The highest BCUT2D eigenvalue weighted by molar-refractivity contribution is 5.91. The fourth-order valence-corrected chi connectivity index (χ4v) is 1.38. The van der Waals surface area contributed by atoms with Crippen molar-refractivity contribution in [2.45, 2.75) is 45.2 Å². The van der Waals surface area contributed by atoms with E-state index in [9.17, 15) is 14.4 Å². The molecule has 2 unspecified atom stereocenters. The lowest BCUT2D eigenvalue weighted by Crippen LogP contribution is -2.57. The van der Waals surface area contributed by atoms with Gasteiger partial charge in [0.25, 0.3) is 0 Å². The molecule has 17 heavy (non-hydrogen) atoms. The Labute approximate surface area is 99.7 Å². The zero-order chi connectivity index (χ0) is 13.6. The lowest BCUT2D eigenvalue weighted by atomic mass is 9.96. The molecule has 0 aliphatic heterocycles. The molecule has 0 saturated carbocycles. The third-order valence-electron chi connectivity index (χ3n) is 2.37. The first-order chi connectivity index (χ1) is 7.73. The first-order valence-electron chi connectivity index (χ1n) is 5.34. The summed E-state index contributed by atoms with van der Waals surface area (Å²) in [7, 11) is 0. The van der Waals surface area contributed by atoms with E-state index in [-0.39, 0.29) is 0 Å². The average molecular weight is 245 g/mol. The molecule has 0 rings (SSSR count). The van der Waals surface area contributed by atoms with Gasteiger partial charge in [0.1, 0.15) is 11.6 Å². The Morgan fingerprint density at radius 1 is 1.41 bits per heavy atom. The molecule has 0 aliphatic carbocycles. The second kappa shape index (κ2) is 6.07. The standard InChI is InChI=1S/C10H19N3O4/c1-4-5-10(3,8(15)16)13-7(14)6(2)12-9(11)17/h6H,4-5H2,1-3H3,(H,13,14)(H,15,16)(H3,11,12,17). The van der Waals surface area contributed by atoms with Crippen LogP contribution in [0.4, 0.5) is 4.79 Å². The maximum absolute atomic E-state index is 11.6. The summed E-state index contributed by atoms with van der Waals surface area (Å²) in [6.45, 7) is 4.67. The highest BCUT2D eigenvalue weighted by Gasteiger charge is 2.35. The van der Waals surface area contributed by atoms with Crippen molar-refractivity contribution >= 4 is 17.9 Å². The first-order valence-corrected chi connectivity index (χ1v) is 5.34. The number of carbonyl (C=O) groups excluding carboxylic acids is 2. The number of aliphatic carboxylic acids is 1. The quantitative estimate of drug-likeness (QED) is 0.517. The number of amides is 3. The van der Waals surface area contributed by atoms with Gasteiger partial charge in [-0.05, 0) is 20.3 Å². The second-order valence-corrected chi connectivity index (χ2v) is 4.11. The molecule has 0 radical (unpaired) electrons. The second-order valence-electron chi connectivity index (χ2n) is 4.11. The molecule has 98 valence electrons. The summed E-state index contributed by atoms with van der Waals surface area (Å²) in [5, 5.41) is 13.6. The summed E-state index contributed by atoms with van der Waals surface area (Å²) in [5.41, 5.74) is 3.53. The minimum Gasteiger partial charge on any atom is -0.480 e. The molecular weight excluding hydrogens is 226 g/mol. The molecule has 0 aromatic carbocycles. The maximum Gasteiger partial charge on any atom is 0.329 e. The molecule has 0 saturated heterocycles. The van der Waals surface area contributed by atoms with Crippen molar-refractivity contribution in [2.24, 2.45) is 5.73 Å². The molecule has 0 aromatic rings. The summed E-state index contributed by atoms with van der Waals surface area (Å²) in [6.07, 6.45) is 0.915. The molecule has 2 atom stereocenters. The van der Waals surface area contributed by atoms with Crippen molar-refractivity contribution in [1.29, 1.82) is 0 Å². The van der Waals surface area contributed by atoms with Crippen molar-refractivity contribution in [1.82, 2.24) is 10.6 Å². The van der Waals surface area contributed by atoms with Gasteiger partial charge in [0.05, 0.1) is 0 Å². The van der Waals surface area contributed by atoms with Crippen LogP contribution in [0, 0.1) is 0 Å². The number of primary amides is 1. The lowest BCUT2D eigenvalue weighted by Gasteiger charge is -2.27. The number of carboxylic acid groups (broad SMARTS) is 1. The van der Waals surface area contributed by atoms with Gasteiger partial charge in [-0.25, -0.2) is 9.59 Å². The van der Waals surface area contributed by atoms with Crippen LogP contribution in [0.15, 0.2) is 0 Å². The van der Waals surface area contributed by atoms with Crippen molar-refractivity contribution in [2.75, 3.05) is 0 Å². The van der Waals surface area contributed by atoms with E-state index in [1.54, 1.807) is 0 Å². The van der Waals surface area contributed by atoms with E-state index in [0.717, 1.165) is 0 Å². The van der Waals surface area contributed by atoms with Gasteiger partial charge in [-0.15, -0.1) is 0 Å². The monoisotopic (exact) mass is 245 g/mol. The molecule has 0 spiro atoms. The Kier molecular flexibility index (Phi) is 5.43. The number of hydrogen-bond donors (Lipinski definition) is 4. The Balaban J connectivity index is 4.61. The summed E-state index contributed by atoms with van der Waals surface area (Å²) in [4.78, 5) is 33.2. The van der Waals surface area contributed by atoms with E-state index in [2.05, 4.69) is 10.6 Å². The van der Waals surface area contributed by atoms with E-state index in [1.165, 1.54) is 13.8 Å². The third-order valence-corrected chi connectivity index (χ3v) is 2.37. The smallest absolute Gasteiger partial charge is 0.329 e. The lowest BCUT2D eigenvalue weighted by molar-refractivity contribution is -0.147. The number of carbonyl (C=O) groups is 3. The highest BCUT2D eigenvalue weighted by Crippen LogP contribution is 2.12. The van der Waals surface area contributed by atoms with Crippen LogP contribution in [-0.4, -0.2) is 34.6 Å². The van der Waals surface area contributed by atoms with Crippen LogP contribution in [0.1, 0.15) is 33.6 Å². The number of nitrogens with one attached hydrogen (secondary N) is 2. The molecule has 5 N–H and O–H groups in total. The van der Waals surface area contributed by atoms with Crippen LogP contribution in [0.5, 0.6) is 0 Å². The van der Waals surface area contributed by atoms with Crippen LogP contribution in [0.2, 0.25) is 0 Å². The van der Waals surface area contributed by atoms with Gasteiger partial charge < -0.3 is 21.5 Å². The number of nitrogens with two attached hydrogens (primary N) is 1. The van der Waals surface area contributed by atoms with E-state index >= 15 is 0 Å². The molecule has 0 bridgehead atoms. The summed E-state index contributed by atoms with van der Waals surface area (Å²) in [6, 6.07) is -1.71. The SMILES string of the molecule is CCCC(C)(NC(=O)C(C)NC(N)=O)C(=O)O. The summed E-state index contributed by atoms with van der Waals surface area (Å²) >= 11 is 0. The topological polar surface area (TPSA) is 122 Å². The number of hydrogen-bond acceptors (Lipinski definition) is 3. The number of carboxylic acids is 1. The third kappa shape index (κ3) is 4.71. The van der Waals surface area contributed by atoms with Gasteiger partial charge in [0.15, 0.2) is 0 Å². The molecule has 7 heteroatoms. The Morgan fingerprint density at radius 3 is 2.29 bits per heavy atom. The van der Waals surface area contributed by atoms with Gasteiger partial charge in [-0.3, -0.25) is 4.79 Å². The molecule has 7 nitrogen and oxygen atoms in total. The predicted octanol–water partition coefficient (Wildman–Crippen LogP) is -0.197. The van der Waals surface area contributed by atoms with E-state index in [1.807, 2.05) is 6.92 Å². The number of urea groups is 1. The van der Waals surface area contributed by atoms with E-state index < -0.39 is 29.5 Å². The number of rotatable bonds is 6. The summed E-state index contributed by atoms with van der Waals surface area (Å²) < 4.78 is 0. The van der Waals surface area contributed by atoms with Crippen molar-refractivity contribution < 1.29 is 19.5 Å². The van der Waals surface area contributed by atoms with Crippen LogP contribution < -0.4 is 16.4 Å². The minimum absolute atomic E-state index is 0.303. The molecule has 0 aliphatic rings. The van der Waals surface area contributed by atoms with Gasteiger partial charge in [-0.1, -0.05) is 13.3 Å². The van der Waals surface area contributed by atoms with E-state index in [4.69, 9.17) is 10.8 Å².